The lowest BCUT2D eigenvalue weighted by molar-refractivity contribution is 0.628. The Hall–Kier alpha value is -4.04. The van der Waals surface area contributed by atoms with E-state index in [1.54, 1.807) is 22.8 Å². The van der Waals surface area contributed by atoms with Crippen LogP contribution in [0, 0.1) is 5.82 Å². The Balaban J connectivity index is 1.61. The van der Waals surface area contributed by atoms with Crippen LogP contribution in [0.25, 0.3) is 28.0 Å². The molecule has 9 heteroatoms. The number of benzene rings is 2. The number of rotatable bonds is 5. The van der Waals surface area contributed by atoms with Crippen molar-refractivity contribution in [1.82, 2.24) is 24.6 Å². The van der Waals surface area contributed by atoms with Gasteiger partial charge >= 0.3 is 0 Å². The van der Waals surface area contributed by atoms with E-state index in [0.717, 1.165) is 16.8 Å². The fraction of sp³-hybridized carbons (Fsp3) is 0.0833. The predicted octanol–water partition coefficient (Wildman–Crippen LogP) is 5.40. The lowest BCUT2D eigenvalue weighted by Gasteiger charge is -2.20. The summed E-state index contributed by atoms with van der Waals surface area (Å²) in [5.41, 5.74) is 10.5. The molecule has 1 unspecified atom stereocenters. The van der Waals surface area contributed by atoms with Gasteiger partial charge in [0.25, 0.3) is 0 Å². The summed E-state index contributed by atoms with van der Waals surface area (Å²) < 4.78 is 15.5. The molecular weight excluding hydrogens is 441 g/mol. The molecule has 5 aromatic rings. The Kier molecular flexibility index (Phi) is 5.35. The highest BCUT2D eigenvalue weighted by Crippen LogP contribution is 2.35. The lowest BCUT2D eigenvalue weighted by Crippen LogP contribution is -2.13. The molecular formula is C24H19ClFN7. The monoisotopic (exact) mass is 459 g/mol. The number of nitrogen functional groups attached to an aromatic ring is 1. The zero-order chi connectivity index (χ0) is 22.9. The highest BCUT2D eigenvalue weighted by Gasteiger charge is 2.20. The van der Waals surface area contributed by atoms with Crippen LogP contribution < -0.4 is 11.1 Å². The number of halogens is 2. The Morgan fingerprint density at radius 3 is 2.58 bits per heavy atom. The maximum absolute atomic E-state index is 13.9. The molecule has 164 valence electrons. The zero-order valence-corrected chi connectivity index (χ0v) is 18.3. The number of nitrogens with zero attached hydrogens (tertiary/aromatic N) is 5. The van der Waals surface area contributed by atoms with E-state index in [0.29, 0.717) is 27.7 Å². The third kappa shape index (κ3) is 3.96. The van der Waals surface area contributed by atoms with Crippen LogP contribution in [-0.4, -0.2) is 24.6 Å². The van der Waals surface area contributed by atoms with Gasteiger partial charge in [-0.1, -0.05) is 54.1 Å². The maximum Gasteiger partial charge on any atom is 0.155 e. The van der Waals surface area contributed by atoms with Gasteiger partial charge in [0.1, 0.15) is 23.8 Å². The van der Waals surface area contributed by atoms with Gasteiger partial charge in [0.15, 0.2) is 10.8 Å². The minimum atomic E-state index is -0.369. The van der Waals surface area contributed by atoms with E-state index in [2.05, 4.69) is 20.3 Å². The van der Waals surface area contributed by atoms with Crippen LogP contribution in [-0.2, 0) is 0 Å². The first kappa shape index (κ1) is 20.8. The van der Waals surface area contributed by atoms with Gasteiger partial charge in [-0.15, -0.1) is 0 Å². The van der Waals surface area contributed by atoms with Crippen LogP contribution in [0.4, 0.5) is 16.0 Å². The van der Waals surface area contributed by atoms with Crippen molar-refractivity contribution in [1.29, 1.82) is 0 Å². The third-order valence-electron chi connectivity index (χ3n) is 5.34. The van der Waals surface area contributed by atoms with Crippen molar-refractivity contribution in [3.8, 4) is 22.4 Å². The fourth-order valence-electron chi connectivity index (χ4n) is 3.77. The summed E-state index contributed by atoms with van der Waals surface area (Å²) in [6.45, 7) is 1.98. The van der Waals surface area contributed by atoms with E-state index >= 15 is 0 Å². The predicted molar refractivity (Wildman–Crippen MR) is 127 cm³/mol. The highest BCUT2D eigenvalue weighted by atomic mass is 35.5. The van der Waals surface area contributed by atoms with Gasteiger partial charge in [0.2, 0.25) is 0 Å². The number of nitrogens with one attached hydrogen (secondary N) is 1. The summed E-state index contributed by atoms with van der Waals surface area (Å²) in [5.74, 6) is 0.370. The maximum atomic E-state index is 13.9. The van der Waals surface area contributed by atoms with Crippen molar-refractivity contribution in [2.75, 3.05) is 11.1 Å². The molecule has 3 aromatic heterocycles. The molecule has 3 heterocycles. The van der Waals surface area contributed by atoms with Crippen LogP contribution >= 0.6 is 11.6 Å². The number of aromatic nitrogens is 5. The summed E-state index contributed by atoms with van der Waals surface area (Å²) >= 11 is 6.27. The number of hydrogen-bond donors (Lipinski definition) is 2. The van der Waals surface area contributed by atoms with Crippen LogP contribution in [0.2, 0.25) is 5.15 Å². The van der Waals surface area contributed by atoms with Crippen molar-refractivity contribution in [2.45, 2.75) is 13.0 Å². The summed E-state index contributed by atoms with van der Waals surface area (Å²) in [5, 5.41) is 8.58. The molecule has 1 atom stereocenters. The average Bonchev–Trinajstić information content (AvgIpc) is 3.18. The minimum Gasteiger partial charge on any atom is -0.383 e. The fourth-order valence-corrected chi connectivity index (χ4v) is 3.94. The molecule has 0 aliphatic rings. The van der Waals surface area contributed by atoms with Crippen molar-refractivity contribution in [2.24, 2.45) is 0 Å². The molecule has 0 amide bonds. The smallest absolute Gasteiger partial charge is 0.155 e. The quantitative estimate of drug-likeness (QED) is 0.365. The topological polar surface area (TPSA) is 94.0 Å². The molecule has 0 aliphatic carbocycles. The molecule has 5 rings (SSSR count). The number of nitrogens with two attached hydrogens (primary N) is 1. The second kappa shape index (κ2) is 8.48. The average molecular weight is 460 g/mol. The molecule has 0 spiro atoms. The number of imidazole rings is 1. The van der Waals surface area contributed by atoms with Crippen LogP contribution in [0.15, 0.2) is 73.2 Å². The van der Waals surface area contributed by atoms with Gasteiger partial charge in [-0.2, -0.15) is 5.10 Å². The van der Waals surface area contributed by atoms with Gasteiger partial charge < -0.3 is 11.1 Å². The highest BCUT2D eigenvalue weighted by molar-refractivity contribution is 6.29. The van der Waals surface area contributed by atoms with Crippen molar-refractivity contribution in [3.63, 3.8) is 0 Å². The first-order chi connectivity index (χ1) is 16.0. The summed E-state index contributed by atoms with van der Waals surface area (Å²) in [6.07, 6.45) is 2.94. The van der Waals surface area contributed by atoms with Gasteiger partial charge in [-0.3, -0.25) is 0 Å². The summed E-state index contributed by atoms with van der Waals surface area (Å²) in [4.78, 5) is 12.8. The SMILES string of the molecule is CC(Nc1ncnc(N)c1-c1cccc(F)c1)c1cc2ncc(Cl)n2nc1-c1ccccc1. The Labute approximate surface area is 194 Å². The van der Waals surface area contributed by atoms with Crippen molar-refractivity contribution >= 4 is 28.9 Å². The minimum absolute atomic E-state index is 0.252. The molecule has 0 aliphatic heterocycles. The molecule has 0 bridgehead atoms. The van der Waals surface area contributed by atoms with Crippen molar-refractivity contribution < 1.29 is 4.39 Å². The Bertz CT molecular complexity index is 1450. The Morgan fingerprint density at radius 2 is 1.79 bits per heavy atom. The molecule has 0 radical (unpaired) electrons. The molecule has 3 N–H and O–H groups in total. The van der Waals surface area contributed by atoms with E-state index in [-0.39, 0.29) is 17.7 Å². The van der Waals surface area contributed by atoms with Gasteiger partial charge in [0, 0.05) is 11.1 Å². The van der Waals surface area contributed by atoms with Crippen LogP contribution in [0.5, 0.6) is 0 Å². The van der Waals surface area contributed by atoms with Crippen molar-refractivity contribution in [3.05, 3.63) is 89.7 Å². The second-order valence-corrected chi connectivity index (χ2v) is 7.91. The first-order valence-electron chi connectivity index (χ1n) is 10.2. The lowest BCUT2D eigenvalue weighted by atomic mass is 10.0. The van der Waals surface area contributed by atoms with E-state index < -0.39 is 0 Å². The van der Waals surface area contributed by atoms with E-state index in [1.807, 2.05) is 43.3 Å². The molecule has 2 aromatic carbocycles. The number of hydrogen-bond acceptors (Lipinski definition) is 6. The van der Waals surface area contributed by atoms with E-state index in [4.69, 9.17) is 22.4 Å². The van der Waals surface area contributed by atoms with E-state index in [9.17, 15) is 4.39 Å². The van der Waals surface area contributed by atoms with Crippen LogP contribution in [0.3, 0.4) is 0 Å². The Morgan fingerprint density at radius 1 is 1.00 bits per heavy atom. The molecule has 0 fully saturated rings. The summed E-state index contributed by atoms with van der Waals surface area (Å²) in [6, 6.07) is 17.7. The second-order valence-electron chi connectivity index (χ2n) is 7.52. The zero-order valence-electron chi connectivity index (χ0n) is 17.6. The van der Waals surface area contributed by atoms with E-state index in [1.165, 1.54) is 18.5 Å². The van der Waals surface area contributed by atoms with Gasteiger partial charge in [0.05, 0.1) is 23.5 Å². The van der Waals surface area contributed by atoms with Crippen LogP contribution in [0.1, 0.15) is 18.5 Å². The standard InChI is InChI=1S/C24H19ClFN7/c1-14(31-24-21(23(27)29-13-30-24)16-8-5-9-17(26)10-16)18-11-20-28-12-19(25)33(20)32-22(18)15-6-3-2-4-7-15/h2-14H,1H3,(H3,27,29,30,31). The first-order valence-corrected chi connectivity index (χ1v) is 10.6. The molecule has 7 nitrogen and oxygen atoms in total. The molecule has 0 saturated heterocycles. The third-order valence-corrected chi connectivity index (χ3v) is 5.60. The van der Waals surface area contributed by atoms with Gasteiger partial charge in [-0.25, -0.2) is 23.9 Å². The molecule has 33 heavy (non-hydrogen) atoms. The largest absolute Gasteiger partial charge is 0.383 e. The normalized spacial score (nSPS) is 12.1. The summed E-state index contributed by atoms with van der Waals surface area (Å²) in [7, 11) is 0. The number of anilines is 2. The van der Waals surface area contributed by atoms with Gasteiger partial charge in [-0.05, 0) is 30.7 Å². The molecule has 0 saturated carbocycles. The number of fused-ring (bicyclic) bond motifs is 1.